The van der Waals surface area contributed by atoms with Crippen molar-refractivity contribution in [1.29, 1.82) is 0 Å². The van der Waals surface area contributed by atoms with Gasteiger partial charge in [0.1, 0.15) is 0 Å². The minimum atomic E-state index is 0.933. The Morgan fingerprint density at radius 1 is 0.952 bits per heavy atom. The fraction of sp³-hybridized carbons (Fsp3) is 0.444. The molecule has 0 aliphatic heterocycles. The molecule has 0 unspecified atom stereocenters. The van der Waals surface area contributed by atoms with Gasteiger partial charge >= 0.3 is 0 Å². The van der Waals surface area contributed by atoms with Gasteiger partial charge in [-0.15, -0.1) is 11.3 Å². The average molecular weight is 302 g/mol. The van der Waals surface area contributed by atoms with Crippen molar-refractivity contribution in [3.05, 3.63) is 57.3 Å². The molecule has 3 heteroatoms. The third kappa shape index (κ3) is 4.95. The van der Waals surface area contributed by atoms with E-state index in [1.54, 1.807) is 0 Å². The van der Waals surface area contributed by atoms with E-state index in [1.165, 1.54) is 21.6 Å². The third-order valence-corrected chi connectivity index (χ3v) is 4.93. The first kappa shape index (κ1) is 16.2. The molecule has 0 atom stereocenters. The highest BCUT2D eigenvalue weighted by Crippen LogP contribution is 2.15. The van der Waals surface area contributed by atoms with E-state index in [0.29, 0.717) is 0 Å². The molecule has 0 saturated carbocycles. The zero-order valence-corrected chi connectivity index (χ0v) is 14.2. The number of hydrogen-bond acceptors (Lipinski definition) is 3. The van der Waals surface area contributed by atoms with E-state index in [2.05, 4.69) is 66.7 Å². The SMILES string of the molecule is CCN(CC)Cc1ccc(CNCc2sccc2C)cc1. The Bertz CT molecular complexity index is 526. The summed E-state index contributed by atoms with van der Waals surface area (Å²) in [5.74, 6) is 0. The van der Waals surface area contributed by atoms with E-state index < -0.39 is 0 Å². The fourth-order valence-corrected chi connectivity index (χ4v) is 3.25. The van der Waals surface area contributed by atoms with E-state index in [1.807, 2.05) is 11.3 Å². The molecule has 0 aliphatic carbocycles. The second kappa shape index (κ2) is 8.32. The van der Waals surface area contributed by atoms with Crippen LogP contribution < -0.4 is 5.32 Å². The molecule has 0 fully saturated rings. The summed E-state index contributed by atoms with van der Waals surface area (Å²) in [6, 6.07) is 11.2. The first-order valence-corrected chi connectivity index (χ1v) is 8.64. The number of rotatable bonds is 8. The van der Waals surface area contributed by atoms with Crippen molar-refractivity contribution in [3.63, 3.8) is 0 Å². The van der Waals surface area contributed by atoms with Crippen LogP contribution in [0.15, 0.2) is 35.7 Å². The van der Waals surface area contributed by atoms with Gasteiger partial charge in [-0.3, -0.25) is 4.90 Å². The predicted molar refractivity (Wildman–Crippen MR) is 92.7 cm³/mol. The summed E-state index contributed by atoms with van der Waals surface area (Å²) in [6.45, 7) is 11.8. The number of nitrogens with one attached hydrogen (secondary N) is 1. The van der Waals surface area contributed by atoms with E-state index >= 15 is 0 Å². The summed E-state index contributed by atoms with van der Waals surface area (Å²) >= 11 is 1.83. The monoisotopic (exact) mass is 302 g/mol. The molecule has 1 heterocycles. The van der Waals surface area contributed by atoms with Crippen LogP contribution in [0.1, 0.15) is 35.4 Å². The van der Waals surface area contributed by atoms with Gasteiger partial charge in [0.15, 0.2) is 0 Å². The van der Waals surface area contributed by atoms with Crippen molar-refractivity contribution >= 4 is 11.3 Å². The van der Waals surface area contributed by atoms with Gasteiger partial charge in [-0.1, -0.05) is 38.1 Å². The molecule has 21 heavy (non-hydrogen) atoms. The summed E-state index contributed by atoms with van der Waals surface area (Å²) in [5.41, 5.74) is 4.14. The number of nitrogens with zero attached hydrogens (tertiary/aromatic N) is 1. The van der Waals surface area contributed by atoms with Crippen LogP contribution in [0.2, 0.25) is 0 Å². The Balaban J connectivity index is 1.81. The number of aryl methyl sites for hydroxylation is 1. The van der Waals surface area contributed by atoms with Crippen molar-refractivity contribution in [3.8, 4) is 0 Å². The van der Waals surface area contributed by atoms with Crippen LogP contribution in [-0.4, -0.2) is 18.0 Å². The molecule has 1 aromatic carbocycles. The highest BCUT2D eigenvalue weighted by atomic mass is 32.1. The highest BCUT2D eigenvalue weighted by molar-refractivity contribution is 7.10. The minimum absolute atomic E-state index is 0.933. The molecular weight excluding hydrogens is 276 g/mol. The summed E-state index contributed by atoms with van der Waals surface area (Å²) in [5, 5.41) is 5.69. The maximum Gasteiger partial charge on any atom is 0.0305 e. The second-order valence-corrected chi connectivity index (χ2v) is 6.41. The third-order valence-electron chi connectivity index (χ3n) is 3.91. The second-order valence-electron chi connectivity index (χ2n) is 5.41. The zero-order chi connectivity index (χ0) is 15.1. The van der Waals surface area contributed by atoms with E-state index in [-0.39, 0.29) is 0 Å². The lowest BCUT2D eigenvalue weighted by atomic mass is 10.1. The summed E-state index contributed by atoms with van der Waals surface area (Å²) < 4.78 is 0. The molecule has 2 rings (SSSR count). The highest BCUT2D eigenvalue weighted by Gasteiger charge is 2.02. The van der Waals surface area contributed by atoms with Crippen LogP contribution in [-0.2, 0) is 19.6 Å². The molecule has 0 radical (unpaired) electrons. The Morgan fingerprint density at radius 2 is 1.62 bits per heavy atom. The van der Waals surface area contributed by atoms with Crippen molar-refractivity contribution in [2.24, 2.45) is 0 Å². The Kier molecular flexibility index (Phi) is 6.43. The summed E-state index contributed by atoms with van der Waals surface area (Å²) in [6.07, 6.45) is 0. The van der Waals surface area contributed by atoms with Gasteiger partial charge < -0.3 is 5.32 Å². The summed E-state index contributed by atoms with van der Waals surface area (Å²) in [4.78, 5) is 3.88. The minimum Gasteiger partial charge on any atom is -0.308 e. The molecule has 1 N–H and O–H groups in total. The topological polar surface area (TPSA) is 15.3 Å². The molecule has 1 aromatic heterocycles. The lowest BCUT2D eigenvalue weighted by molar-refractivity contribution is 0.296. The van der Waals surface area contributed by atoms with E-state index in [4.69, 9.17) is 0 Å². The molecule has 2 nitrogen and oxygen atoms in total. The molecule has 2 aromatic rings. The maximum atomic E-state index is 3.53. The van der Waals surface area contributed by atoms with Gasteiger partial charge in [-0.25, -0.2) is 0 Å². The maximum absolute atomic E-state index is 3.53. The predicted octanol–water partition coefficient (Wildman–Crippen LogP) is 4.19. The van der Waals surface area contributed by atoms with Crippen molar-refractivity contribution in [1.82, 2.24) is 10.2 Å². The first-order valence-electron chi connectivity index (χ1n) is 7.76. The lowest BCUT2D eigenvalue weighted by Gasteiger charge is -2.18. The average Bonchev–Trinajstić information content (AvgIpc) is 2.92. The zero-order valence-electron chi connectivity index (χ0n) is 13.4. The molecule has 0 spiro atoms. The molecule has 0 amide bonds. The van der Waals surface area contributed by atoms with Crippen LogP contribution in [0, 0.1) is 6.92 Å². The van der Waals surface area contributed by atoms with Crippen LogP contribution in [0.25, 0.3) is 0 Å². The normalized spacial score (nSPS) is 11.2. The molecule has 114 valence electrons. The quantitative estimate of drug-likeness (QED) is 0.786. The summed E-state index contributed by atoms with van der Waals surface area (Å²) in [7, 11) is 0. The first-order chi connectivity index (χ1) is 10.2. The Labute approximate surface area is 132 Å². The fourth-order valence-electron chi connectivity index (χ4n) is 2.37. The Hall–Kier alpha value is -1.16. The van der Waals surface area contributed by atoms with Gasteiger partial charge in [0, 0.05) is 24.5 Å². The smallest absolute Gasteiger partial charge is 0.0305 e. The van der Waals surface area contributed by atoms with Gasteiger partial charge in [-0.2, -0.15) is 0 Å². The number of thiophene rings is 1. The van der Waals surface area contributed by atoms with Crippen LogP contribution in [0.3, 0.4) is 0 Å². The lowest BCUT2D eigenvalue weighted by Crippen LogP contribution is -2.22. The molecular formula is C18H26N2S. The van der Waals surface area contributed by atoms with Crippen molar-refractivity contribution in [2.75, 3.05) is 13.1 Å². The Morgan fingerprint density at radius 3 is 2.19 bits per heavy atom. The van der Waals surface area contributed by atoms with Gasteiger partial charge in [0.05, 0.1) is 0 Å². The molecule has 0 bridgehead atoms. The molecule has 0 aliphatic rings. The standard InChI is InChI=1S/C18H26N2S/c1-4-20(5-2)14-17-8-6-16(7-9-17)12-19-13-18-15(3)10-11-21-18/h6-11,19H,4-5,12-14H2,1-3H3. The van der Waals surface area contributed by atoms with Crippen LogP contribution in [0.4, 0.5) is 0 Å². The molecule has 0 saturated heterocycles. The largest absolute Gasteiger partial charge is 0.308 e. The number of benzene rings is 1. The van der Waals surface area contributed by atoms with Crippen molar-refractivity contribution in [2.45, 2.75) is 40.4 Å². The van der Waals surface area contributed by atoms with Crippen LogP contribution in [0.5, 0.6) is 0 Å². The van der Waals surface area contributed by atoms with Gasteiger partial charge in [0.2, 0.25) is 0 Å². The van der Waals surface area contributed by atoms with E-state index in [9.17, 15) is 0 Å². The van der Waals surface area contributed by atoms with E-state index in [0.717, 1.165) is 32.7 Å². The van der Waals surface area contributed by atoms with Gasteiger partial charge in [-0.05, 0) is 48.2 Å². The van der Waals surface area contributed by atoms with Crippen molar-refractivity contribution < 1.29 is 0 Å². The van der Waals surface area contributed by atoms with Gasteiger partial charge in [0.25, 0.3) is 0 Å². The van der Waals surface area contributed by atoms with Crippen LogP contribution >= 0.6 is 11.3 Å². The number of hydrogen-bond donors (Lipinski definition) is 1.